The highest BCUT2D eigenvalue weighted by atomic mass is 32.1. The van der Waals surface area contributed by atoms with Crippen molar-refractivity contribution in [3.8, 4) is 28.2 Å². The maximum Gasteiger partial charge on any atom is 0.143 e. The van der Waals surface area contributed by atoms with Gasteiger partial charge in [-0.25, -0.2) is 9.97 Å². The van der Waals surface area contributed by atoms with E-state index in [1.807, 2.05) is 10.8 Å². The third-order valence-corrected chi connectivity index (χ3v) is 3.78. The molecule has 3 aromatic heterocycles. The van der Waals surface area contributed by atoms with Crippen LogP contribution in [0.3, 0.4) is 0 Å². The Labute approximate surface area is 111 Å². The molecular weight excluding hydrogens is 264 g/mol. The van der Waals surface area contributed by atoms with Crippen LogP contribution in [0.15, 0.2) is 34.6 Å². The number of nitriles is 1. The second kappa shape index (κ2) is 4.64. The van der Waals surface area contributed by atoms with Crippen LogP contribution in [0, 0.1) is 11.3 Å². The minimum Gasteiger partial charge on any atom is -0.253 e. The fourth-order valence-electron chi connectivity index (χ4n) is 1.52. The molecule has 0 aliphatic carbocycles. The largest absolute Gasteiger partial charge is 0.253 e. The molecule has 0 fully saturated rings. The topological polar surface area (TPSA) is 62.5 Å². The number of hydrogen-bond donors (Lipinski definition) is 0. The van der Waals surface area contributed by atoms with Gasteiger partial charge in [-0.3, -0.25) is 4.98 Å². The van der Waals surface area contributed by atoms with Crippen molar-refractivity contribution in [1.82, 2.24) is 15.0 Å². The summed E-state index contributed by atoms with van der Waals surface area (Å²) in [6.07, 6.45) is 1.66. The van der Waals surface area contributed by atoms with Crippen molar-refractivity contribution < 1.29 is 0 Å². The zero-order valence-electron chi connectivity index (χ0n) is 9.07. The van der Waals surface area contributed by atoms with Crippen molar-refractivity contribution in [1.29, 1.82) is 5.26 Å². The molecule has 86 valence electrons. The number of thiazole rings is 2. The van der Waals surface area contributed by atoms with Gasteiger partial charge in [0, 0.05) is 17.0 Å². The molecule has 0 bridgehead atoms. The second-order valence-electron chi connectivity index (χ2n) is 3.42. The van der Waals surface area contributed by atoms with Crippen LogP contribution >= 0.6 is 22.7 Å². The Morgan fingerprint density at radius 1 is 1.17 bits per heavy atom. The van der Waals surface area contributed by atoms with Crippen LogP contribution in [0.1, 0.15) is 5.56 Å². The Kier molecular flexibility index (Phi) is 2.84. The SMILES string of the molecule is N#Cc1cccnc1-c1csc(-c2cscn2)n1. The fraction of sp³-hybridized carbons (Fsp3) is 0. The normalized spacial score (nSPS) is 10.2. The molecule has 4 nitrogen and oxygen atoms in total. The molecule has 3 rings (SSSR count). The van der Waals surface area contributed by atoms with Crippen LogP contribution < -0.4 is 0 Å². The van der Waals surface area contributed by atoms with Crippen molar-refractivity contribution in [2.24, 2.45) is 0 Å². The molecule has 0 radical (unpaired) electrons. The van der Waals surface area contributed by atoms with E-state index in [0.29, 0.717) is 11.3 Å². The molecule has 0 amide bonds. The molecule has 3 heterocycles. The van der Waals surface area contributed by atoms with Crippen LogP contribution in [-0.2, 0) is 0 Å². The van der Waals surface area contributed by atoms with Crippen molar-refractivity contribution in [2.75, 3.05) is 0 Å². The smallest absolute Gasteiger partial charge is 0.143 e. The third kappa shape index (κ3) is 1.90. The van der Waals surface area contributed by atoms with Gasteiger partial charge < -0.3 is 0 Å². The van der Waals surface area contributed by atoms with Crippen LogP contribution in [0.2, 0.25) is 0 Å². The predicted octanol–water partition coefficient (Wildman–Crippen LogP) is 3.20. The molecule has 0 spiro atoms. The van der Waals surface area contributed by atoms with Gasteiger partial charge in [-0.05, 0) is 12.1 Å². The molecule has 0 saturated heterocycles. The number of pyridine rings is 1. The van der Waals surface area contributed by atoms with Crippen molar-refractivity contribution in [3.63, 3.8) is 0 Å². The molecule has 0 atom stereocenters. The molecule has 0 aromatic carbocycles. The van der Waals surface area contributed by atoms with Gasteiger partial charge >= 0.3 is 0 Å². The first kappa shape index (κ1) is 11.0. The maximum atomic E-state index is 9.05. The molecule has 18 heavy (non-hydrogen) atoms. The van der Waals surface area contributed by atoms with Crippen LogP contribution in [-0.4, -0.2) is 15.0 Å². The number of rotatable bonds is 2. The third-order valence-electron chi connectivity index (χ3n) is 2.33. The van der Waals surface area contributed by atoms with Crippen molar-refractivity contribution in [2.45, 2.75) is 0 Å². The number of nitrogens with zero attached hydrogens (tertiary/aromatic N) is 4. The molecule has 6 heteroatoms. The Balaban J connectivity index is 2.06. The molecule has 0 aliphatic heterocycles. The lowest BCUT2D eigenvalue weighted by Crippen LogP contribution is -1.88. The zero-order valence-corrected chi connectivity index (χ0v) is 10.7. The lowest BCUT2D eigenvalue weighted by atomic mass is 10.2. The first-order chi connectivity index (χ1) is 8.88. The van der Waals surface area contributed by atoms with Crippen LogP contribution in [0.5, 0.6) is 0 Å². The van der Waals surface area contributed by atoms with E-state index < -0.39 is 0 Å². The van der Waals surface area contributed by atoms with E-state index in [1.54, 1.807) is 23.8 Å². The monoisotopic (exact) mass is 270 g/mol. The molecule has 0 N–H and O–H groups in total. The number of aromatic nitrogens is 3. The van der Waals surface area contributed by atoms with E-state index in [2.05, 4.69) is 21.0 Å². The number of hydrogen-bond acceptors (Lipinski definition) is 6. The first-order valence-electron chi connectivity index (χ1n) is 5.08. The molecule has 3 aromatic rings. The second-order valence-corrected chi connectivity index (χ2v) is 5.00. The van der Waals surface area contributed by atoms with E-state index >= 15 is 0 Å². The van der Waals surface area contributed by atoms with Crippen molar-refractivity contribution >= 4 is 22.7 Å². The average Bonchev–Trinajstić information content (AvgIpc) is 3.09. The lowest BCUT2D eigenvalue weighted by molar-refractivity contribution is 1.25. The van der Waals surface area contributed by atoms with E-state index in [0.717, 1.165) is 16.4 Å². The maximum absolute atomic E-state index is 9.05. The first-order valence-corrected chi connectivity index (χ1v) is 6.90. The van der Waals surface area contributed by atoms with Gasteiger partial charge in [-0.2, -0.15) is 5.26 Å². The molecule has 0 aliphatic rings. The molecule has 0 saturated carbocycles. The summed E-state index contributed by atoms with van der Waals surface area (Å²) < 4.78 is 0. The minimum atomic E-state index is 0.535. The average molecular weight is 270 g/mol. The van der Waals surface area contributed by atoms with Gasteiger partial charge in [0.25, 0.3) is 0 Å². The summed E-state index contributed by atoms with van der Waals surface area (Å²) in [4.78, 5) is 12.9. The Hall–Kier alpha value is -2.10. The molecular formula is C12H6N4S2. The van der Waals surface area contributed by atoms with Crippen molar-refractivity contribution in [3.05, 3.63) is 40.2 Å². The minimum absolute atomic E-state index is 0.535. The fourth-order valence-corrected chi connectivity index (χ4v) is 2.90. The Morgan fingerprint density at radius 2 is 2.11 bits per heavy atom. The van der Waals surface area contributed by atoms with Gasteiger partial charge in [0.2, 0.25) is 0 Å². The highest BCUT2D eigenvalue weighted by molar-refractivity contribution is 7.14. The van der Waals surface area contributed by atoms with Gasteiger partial charge in [0.15, 0.2) is 0 Å². The van der Waals surface area contributed by atoms with Gasteiger partial charge in [-0.1, -0.05) is 0 Å². The summed E-state index contributed by atoms with van der Waals surface area (Å²) in [7, 11) is 0. The quantitative estimate of drug-likeness (QED) is 0.717. The van der Waals surface area contributed by atoms with Crippen LogP contribution in [0.4, 0.5) is 0 Å². The summed E-state index contributed by atoms with van der Waals surface area (Å²) in [6.45, 7) is 0. The summed E-state index contributed by atoms with van der Waals surface area (Å²) >= 11 is 3.04. The Bertz CT molecular complexity index is 710. The van der Waals surface area contributed by atoms with E-state index in [4.69, 9.17) is 5.26 Å². The van der Waals surface area contributed by atoms with Crippen LogP contribution in [0.25, 0.3) is 22.1 Å². The molecule has 0 unspecified atom stereocenters. The standard InChI is InChI=1S/C12H6N4S2/c13-4-8-2-1-3-14-11(8)9-6-18-12(16-9)10-5-17-7-15-10/h1-3,5-7H. The summed E-state index contributed by atoms with van der Waals surface area (Å²) in [5.74, 6) is 0. The van der Waals surface area contributed by atoms with E-state index in [9.17, 15) is 0 Å². The summed E-state index contributed by atoms with van der Waals surface area (Å²) in [6, 6.07) is 5.61. The van der Waals surface area contributed by atoms with E-state index in [1.165, 1.54) is 22.7 Å². The Morgan fingerprint density at radius 3 is 2.89 bits per heavy atom. The van der Waals surface area contributed by atoms with Gasteiger partial charge in [0.1, 0.15) is 28.2 Å². The van der Waals surface area contributed by atoms with Gasteiger partial charge in [-0.15, -0.1) is 22.7 Å². The van der Waals surface area contributed by atoms with Gasteiger partial charge in [0.05, 0.1) is 11.1 Å². The highest BCUT2D eigenvalue weighted by Gasteiger charge is 2.11. The lowest BCUT2D eigenvalue weighted by Gasteiger charge is -1.97. The summed E-state index contributed by atoms with van der Waals surface area (Å²) in [5.41, 5.74) is 4.52. The zero-order chi connectivity index (χ0) is 12.4. The summed E-state index contributed by atoms with van der Waals surface area (Å²) in [5, 5.41) is 13.7. The predicted molar refractivity (Wildman–Crippen MR) is 71.2 cm³/mol. The highest BCUT2D eigenvalue weighted by Crippen LogP contribution is 2.28. The van der Waals surface area contributed by atoms with E-state index in [-0.39, 0.29) is 0 Å².